The van der Waals surface area contributed by atoms with Crippen molar-refractivity contribution in [2.75, 3.05) is 59.3 Å². The number of ketones is 4. The maximum Gasteiger partial charge on any atom is 0.390 e. The number of benzene rings is 10. The first kappa shape index (κ1) is 89.8. The van der Waals surface area contributed by atoms with Gasteiger partial charge in [0, 0.05) is 75.3 Å². The van der Waals surface area contributed by atoms with E-state index in [1.54, 1.807) is 153 Å². The number of rotatable bonds is 25. The Hall–Kier alpha value is -14.5. The van der Waals surface area contributed by atoms with Crippen molar-refractivity contribution in [3.8, 4) is 45.8 Å². The lowest BCUT2D eigenvalue weighted by Crippen LogP contribution is -2.29. The molecule has 2 aliphatic rings. The zero-order valence-electron chi connectivity index (χ0n) is 70.1. The summed E-state index contributed by atoms with van der Waals surface area (Å²) in [7, 11) is -4.58. The second-order valence-corrected chi connectivity index (χ2v) is 32.1. The van der Waals surface area contributed by atoms with Crippen LogP contribution in [0.3, 0.4) is 0 Å². The molecule has 6 N–H and O–H groups in total. The third kappa shape index (κ3) is 18.9. The Labute approximate surface area is 721 Å². The minimum absolute atomic E-state index is 0.0158. The average Bonchev–Trinajstić information content (AvgIpc) is 0.710. The molecule has 31 nitrogen and oxygen atoms in total. The number of aryl methyl sites for hydroxylation is 4. The topological polar surface area (TPSA) is 410 Å². The molecular weight excluding hydrogens is 1660 g/mol. The van der Waals surface area contributed by atoms with Crippen LogP contribution in [0.2, 0.25) is 0 Å². The van der Waals surface area contributed by atoms with Crippen molar-refractivity contribution in [3.05, 3.63) is 295 Å². The third-order valence-electron chi connectivity index (χ3n) is 19.4. The molecule has 0 atom stereocenters. The first-order chi connectivity index (χ1) is 60.1. The zero-order chi connectivity index (χ0) is 89.9. The fraction of sp³-hybridized carbons (Fsp3) is 0.156. The molecule has 14 aromatic rings. The number of ether oxygens (including phenoxy) is 2. The van der Waals surface area contributed by atoms with Crippen LogP contribution in [0.15, 0.2) is 238 Å². The predicted octanol–water partition coefficient (Wildman–Crippen LogP) is 16.2. The number of carbonyl (C=O) groups excluding carboxylic acids is 4. The van der Waals surface area contributed by atoms with Crippen molar-refractivity contribution in [1.29, 1.82) is 0 Å². The van der Waals surface area contributed by atoms with E-state index in [1.807, 2.05) is 73.6 Å². The van der Waals surface area contributed by atoms with Crippen LogP contribution in [0.5, 0.6) is 23.5 Å². The van der Waals surface area contributed by atoms with Crippen LogP contribution in [-0.2, 0) is 57.0 Å². The molecule has 1 radical (unpaired) electrons. The van der Waals surface area contributed by atoms with E-state index in [2.05, 4.69) is 65.8 Å². The van der Waals surface area contributed by atoms with Gasteiger partial charge in [-0.2, -0.15) is 55.2 Å². The lowest BCUT2D eigenvalue weighted by atomic mass is 9.80. The number of fused-ring (bicyclic) bond motifs is 4. The molecule has 4 aromatic heterocycles. The van der Waals surface area contributed by atoms with Gasteiger partial charge < -0.3 is 50.3 Å². The van der Waals surface area contributed by atoms with Crippen LogP contribution < -0.4 is 52.3 Å². The van der Waals surface area contributed by atoms with Crippen LogP contribution in [0.25, 0.3) is 44.1 Å². The van der Waals surface area contributed by atoms with Crippen LogP contribution in [0, 0.1) is 13.8 Å². The smallest absolute Gasteiger partial charge is 0.390 e. The molecule has 0 spiro atoms. The molecule has 0 fully saturated rings. The monoisotopic (exact) mass is 1740 g/mol. The molecule has 35 heteroatoms. The first-order valence-corrected chi connectivity index (χ1v) is 43.7. The highest BCUT2D eigenvalue weighted by atomic mass is 32.2. The molecule has 2 aliphatic carbocycles. The number of nitrogens with zero attached hydrogens (tertiary/aromatic N) is 8. The van der Waals surface area contributed by atoms with Gasteiger partial charge in [-0.15, -0.1) is 0 Å². The first-order valence-electron chi connectivity index (χ1n) is 39.0. The molecule has 16 rings (SSSR count). The van der Waals surface area contributed by atoms with Gasteiger partial charge in [-0.05, 0) is 128 Å². The summed E-state index contributed by atoms with van der Waals surface area (Å²) in [6.07, 6.45) is 0.993. The molecule has 4 heterocycles. The number of aromatic nitrogens is 8. The summed E-state index contributed by atoms with van der Waals surface area (Å²) in [4.78, 5) is 115. The Morgan fingerprint density at radius 3 is 1.25 bits per heavy atom. The van der Waals surface area contributed by atoms with Crippen LogP contribution in [0.4, 0.5) is 57.9 Å². The number of hydrogen-bond donors (Lipinski definition) is 6. The van der Waals surface area contributed by atoms with Crippen molar-refractivity contribution < 1.29 is 66.5 Å². The van der Waals surface area contributed by atoms with Gasteiger partial charge in [0.15, 0.2) is 23.1 Å². The van der Waals surface area contributed by atoms with Crippen molar-refractivity contribution >= 4 is 141 Å². The molecule has 637 valence electrons. The van der Waals surface area contributed by atoms with Gasteiger partial charge in [-0.3, -0.25) is 41.3 Å². The van der Waals surface area contributed by atoms with Crippen LogP contribution >= 0.6 is 0 Å². The highest BCUT2D eigenvalue weighted by molar-refractivity contribution is 7.87. The quantitative estimate of drug-likeness (QED) is 0.0176. The molecule has 0 aliphatic heterocycles. The molecule has 0 saturated heterocycles. The van der Waals surface area contributed by atoms with Gasteiger partial charge in [-0.1, -0.05) is 168 Å². The van der Waals surface area contributed by atoms with E-state index in [-0.39, 0.29) is 124 Å². The Morgan fingerprint density at radius 1 is 0.392 bits per heavy atom. The number of nitrogens with one attached hydrogen (secondary N) is 6. The van der Waals surface area contributed by atoms with E-state index in [1.165, 1.54) is 72.3 Å². The number of hydrogen-bond acceptors (Lipinski definition) is 29. The summed E-state index contributed by atoms with van der Waals surface area (Å²) >= 11 is 0. The highest BCUT2D eigenvalue weighted by Crippen LogP contribution is 2.47. The van der Waals surface area contributed by atoms with Gasteiger partial charge >= 0.3 is 19.6 Å². The van der Waals surface area contributed by atoms with E-state index in [9.17, 15) is 49.2 Å². The Kier molecular flexibility index (Phi) is 27.5. The van der Waals surface area contributed by atoms with Gasteiger partial charge in [0.1, 0.15) is 16.4 Å². The Bertz CT molecular complexity index is 7090. The maximum atomic E-state index is 15.1. The lowest BCUT2D eigenvalue weighted by molar-refractivity contribution is 0.102. The van der Waals surface area contributed by atoms with Gasteiger partial charge in [0.05, 0.1) is 82.8 Å². The fourth-order valence-corrected chi connectivity index (χ4v) is 15.2. The van der Waals surface area contributed by atoms with Gasteiger partial charge in [0.25, 0.3) is 41.5 Å². The summed E-state index contributed by atoms with van der Waals surface area (Å²) in [5.74, 6) is -1.69. The van der Waals surface area contributed by atoms with E-state index in [0.717, 1.165) is 44.8 Å². The van der Waals surface area contributed by atoms with E-state index in [0.29, 0.717) is 61.7 Å². The van der Waals surface area contributed by atoms with Gasteiger partial charge in [0.2, 0.25) is 23.8 Å². The predicted molar refractivity (Wildman–Crippen MR) is 481 cm³/mol. The van der Waals surface area contributed by atoms with E-state index >= 15 is 4.79 Å². The summed E-state index contributed by atoms with van der Waals surface area (Å²) < 4.78 is 102. The van der Waals surface area contributed by atoms with Crippen molar-refractivity contribution in [2.24, 2.45) is 14.1 Å². The van der Waals surface area contributed by atoms with Crippen molar-refractivity contribution in [2.45, 2.75) is 65.2 Å². The third-order valence-corrected chi connectivity index (χ3v) is 22.6. The average molecular weight is 1740 g/mol. The minimum Gasteiger partial charge on any atom is -0.424 e. The van der Waals surface area contributed by atoms with Crippen molar-refractivity contribution in [1.82, 2.24) is 39.0 Å². The van der Waals surface area contributed by atoms with Crippen LogP contribution in [-0.4, -0.2) is 123 Å². The van der Waals surface area contributed by atoms with E-state index < -0.39 is 58.8 Å². The largest absolute Gasteiger partial charge is 0.424 e. The number of pyridine rings is 2. The maximum absolute atomic E-state index is 15.1. The number of para-hydroxylation sites is 2. The fourth-order valence-electron chi connectivity index (χ4n) is 13.7. The summed E-state index contributed by atoms with van der Waals surface area (Å²) in [6.45, 7) is 15.8. The number of anilines is 10. The highest BCUT2D eigenvalue weighted by Gasteiger charge is 2.37. The molecule has 0 bridgehead atoms. The Morgan fingerprint density at radius 2 is 0.800 bits per heavy atom. The normalized spacial score (nSPS) is 11.6. The lowest BCUT2D eigenvalue weighted by Gasteiger charge is -2.26. The SMILES string of the molecule is CC.CC.CC.COS(=O)(=O)c1cccc(C(=O)c2c3c4c(c(Nc5cc(Nc6nc(N[B]Nc7nc(Nc8ccc(C)c(Nc9ccc%10c%11c9C(=O)c9ccccc9-c%11c(C(=O)c9cccc(C)c9)c(=O)n%10C)c8)nc(Oc8ccccc8)n7)nc(Oc7ccccc7)n6)ccc5S(=O)(=O)OC)ccc4n(C)c2=O)C(=O)c2ccccc2-3)c1.COS(C)(=O)=O. The zero-order valence-corrected chi connectivity index (χ0v) is 72.6. The summed E-state index contributed by atoms with van der Waals surface area (Å²) in [6, 6.07) is 58.6. The second kappa shape index (κ2) is 38.3. The molecular formula is C90H84BN14O17S3. The van der Waals surface area contributed by atoms with E-state index in [4.69, 9.17) is 17.8 Å². The summed E-state index contributed by atoms with van der Waals surface area (Å²) in [5.41, 5.74) is 4.25. The minimum atomic E-state index is -4.55. The molecule has 10 aromatic carbocycles. The standard InChI is InChI=1S/C82H60BN14O14S2.C2H6O3S.3C2H6/c1-43-19-17-20-45(39-43)71(98)69-63-52-27-13-15-29-54(52)73(100)65-56(34-36-60(67(63)65)96(3)75(69)102)86-58-41-47(32-31-44(58)2)84-77-88-79(92-81(90-77)110-49-22-9-7-10-23-49)94-83-95-80-89-78(91-82(93-80)111-50-24-11-8-12-25-50)85-48-33-38-62(113(106,107)109-6)59(42-48)87-57-35-37-61-68-64(53-28-14-16-30-55(53)74(101)66(57)68)70(76(103)97(61)4)72(99)46-21-18-26-51(40-46)112(104,105)108-5;1-5-6(2,3)4;3*1-2/h7-42,86-87H,1-6H3,(H2,84,88,90,92,94)(H2,85,89,91,93,95);1-2H3;3*1-2H3. The molecule has 125 heavy (non-hydrogen) atoms. The van der Waals surface area contributed by atoms with Crippen LogP contribution in [0.1, 0.15) is 116 Å². The molecule has 0 amide bonds. The molecule has 0 saturated carbocycles. The number of carbonyl (C=O) groups is 4. The summed E-state index contributed by atoms with van der Waals surface area (Å²) in [5, 5.41) is 19.7. The van der Waals surface area contributed by atoms with Gasteiger partial charge in [-0.25, -0.2) is 0 Å². The Balaban J connectivity index is 0.00000112. The molecule has 0 unspecified atom stereocenters. The second-order valence-electron chi connectivity index (χ2n) is 26.9. The van der Waals surface area contributed by atoms with Crippen molar-refractivity contribution in [3.63, 3.8) is 0 Å².